The van der Waals surface area contributed by atoms with Crippen LogP contribution in [0.25, 0.3) is 0 Å². The Morgan fingerprint density at radius 3 is 2.67 bits per heavy atom. The van der Waals surface area contributed by atoms with E-state index in [0.29, 0.717) is 12.1 Å². The van der Waals surface area contributed by atoms with E-state index in [0.717, 1.165) is 25.3 Å². The van der Waals surface area contributed by atoms with Crippen molar-refractivity contribution in [2.24, 2.45) is 5.92 Å². The Morgan fingerprint density at radius 1 is 1.39 bits per heavy atom. The van der Waals surface area contributed by atoms with Crippen LogP contribution in [0.15, 0.2) is 0 Å². The second kappa shape index (κ2) is 5.89. The fraction of sp³-hybridized carbons (Fsp3) is 1.00. The Morgan fingerprint density at radius 2 is 2.11 bits per heavy atom. The van der Waals surface area contributed by atoms with Crippen molar-refractivity contribution in [2.45, 2.75) is 70.0 Å². The van der Waals surface area contributed by atoms with Crippen molar-refractivity contribution in [1.29, 1.82) is 0 Å². The molecule has 2 fully saturated rings. The Hall–Kier alpha value is -0.120. The van der Waals surface area contributed by atoms with Crippen LogP contribution >= 0.6 is 0 Å². The molecule has 2 N–H and O–H groups in total. The minimum Gasteiger partial charge on any atom is -0.394 e. The highest BCUT2D eigenvalue weighted by atomic mass is 16.3. The summed E-state index contributed by atoms with van der Waals surface area (Å²) in [5.41, 5.74) is -0.0187. The lowest BCUT2D eigenvalue weighted by Crippen LogP contribution is -2.56. The van der Waals surface area contributed by atoms with E-state index in [1.165, 1.54) is 25.7 Å². The highest BCUT2D eigenvalue weighted by molar-refractivity contribution is 4.97. The molecule has 0 spiro atoms. The molecule has 0 aromatic carbocycles. The monoisotopic (exact) mass is 254 g/mol. The van der Waals surface area contributed by atoms with Gasteiger partial charge in [0.2, 0.25) is 0 Å². The summed E-state index contributed by atoms with van der Waals surface area (Å²) in [6.45, 7) is 5.75. The maximum Gasteiger partial charge on any atom is 0.0613 e. The van der Waals surface area contributed by atoms with Gasteiger partial charge in [0.05, 0.1) is 6.61 Å². The molecule has 3 unspecified atom stereocenters. The molecule has 0 aromatic rings. The molecular formula is C15H30N2O. The Bertz CT molecular complexity index is 263. The van der Waals surface area contributed by atoms with Gasteiger partial charge in [-0.05, 0) is 65.0 Å². The van der Waals surface area contributed by atoms with Crippen LogP contribution in [0.5, 0.6) is 0 Å². The number of rotatable bonds is 6. The molecule has 18 heavy (non-hydrogen) atoms. The molecule has 0 radical (unpaired) electrons. The van der Waals surface area contributed by atoms with Crippen molar-refractivity contribution in [1.82, 2.24) is 10.2 Å². The van der Waals surface area contributed by atoms with Crippen LogP contribution in [-0.4, -0.2) is 47.8 Å². The molecule has 0 aliphatic heterocycles. The van der Waals surface area contributed by atoms with Gasteiger partial charge in [-0.2, -0.15) is 0 Å². The van der Waals surface area contributed by atoms with Crippen molar-refractivity contribution >= 4 is 0 Å². The maximum absolute atomic E-state index is 9.75. The van der Waals surface area contributed by atoms with E-state index in [9.17, 15) is 5.11 Å². The van der Waals surface area contributed by atoms with Crippen molar-refractivity contribution in [3.63, 3.8) is 0 Å². The van der Waals surface area contributed by atoms with Crippen LogP contribution in [0.1, 0.15) is 52.4 Å². The molecule has 106 valence electrons. The molecule has 0 bridgehead atoms. The van der Waals surface area contributed by atoms with Gasteiger partial charge in [0.25, 0.3) is 0 Å². The molecule has 0 heterocycles. The molecule has 2 aliphatic rings. The average Bonchev–Trinajstić information content (AvgIpc) is 3.22. The van der Waals surface area contributed by atoms with E-state index in [1.807, 2.05) is 0 Å². The van der Waals surface area contributed by atoms with Gasteiger partial charge >= 0.3 is 0 Å². The topological polar surface area (TPSA) is 35.5 Å². The van der Waals surface area contributed by atoms with Crippen LogP contribution in [0.4, 0.5) is 0 Å². The highest BCUT2D eigenvalue weighted by Gasteiger charge is 2.39. The molecule has 3 atom stereocenters. The van der Waals surface area contributed by atoms with Crippen molar-refractivity contribution < 1.29 is 5.11 Å². The first-order chi connectivity index (χ1) is 8.62. The summed E-state index contributed by atoms with van der Waals surface area (Å²) in [6, 6.07) is 1.35. The standard InChI is InChI=1S/C15H30N2O/c1-4-16-15(11-18)9-5-6-14(10-15)17(3)12(2)13-7-8-13/h12-14,16,18H,4-11H2,1-3H3. The summed E-state index contributed by atoms with van der Waals surface area (Å²) >= 11 is 0. The molecule has 0 amide bonds. The first kappa shape index (κ1) is 14.3. The smallest absolute Gasteiger partial charge is 0.0613 e. The van der Waals surface area contributed by atoms with Crippen molar-refractivity contribution in [3.8, 4) is 0 Å². The van der Waals surface area contributed by atoms with Crippen molar-refractivity contribution in [3.05, 3.63) is 0 Å². The summed E-state index contributed by atoms with van der Waals surface area (Å²) in [6.07, 6.45) is 7.58. The van der Waals surface area contributed by atoms with Gasteiger partial charge in [0, 0.05) is 17.6 Å². The number of nitrogens with one attached hydrogen (secondary N) is 1. The van der Waals surface area contributed by atoms with Crippen LogP contribution in [0.2, 0.25) is 0 Å². The molecule has 3 heteroatoms. The van der Waals surface area contributed by atoms with Gasteiger partial charge in [0.15, 0.2) is 0 Å². The van der Waals surface area contributed by atoms with E-state index >= 15 is 0 Å². The summed E-state index contributed by atoms with van der Waals surface area (Å²) in [4.78, 5) is 2.58. The Labute approximate surface area is 112 Å². The summed E-state index contributed by atoms with van der Waals surface area (Å²) in [7, 11) is 2.28. The van der Waals surface area contributed by atoms with E-state index in [-0.39, 0.29) is 12.1 Å². The van der Waals surface area contributed by atoms with Gasteiger partial charge in [-0.3, -0.25) is 0 Å². The average molecular weight is 254 g/mol. The van der Waals surface area contributed by atoms with Crippen LogP contribution in [-0.2, 0) is 0 Å². The normalized spacial score (nSPS) is 34.8. The SMILES string of the molecule is CCNC1(CO)CCCC(N(C)C(C)C2CC2)C1. The van der Waals surface area contributed by atoms with Crippen molar-refractivity contribution in [2.75, 3.05) is 20.2 Å². The van der Waals surface area contributed by atoms with Crippen LogP contribution in [0, 0.1) is 5.92 Å². The summed E-state index contributed by atoms with van der Waals surface area (Å²) < 4.78 is 0. The Kier molecular flexibility index (Phi) is 4.68. The summed E-state index contributed by atoms with van der Waals surface area (Å²) in [5.74, 6) is 0.930. The third-order valence-corrected chi connectivity index (χ3v) is 5.20. The lowest BCUT2D eigenvalue weighted by atomic mass is 9.78. The fourth-order valence-electron chi connectivity index (χ4n) is 3.66. The van der Waals surface area contributed by atoms with Crippen LogP contribution < -0.4 is 5.32 Å². The van der Waals surface area contributed by atoms with Gasteiger partial charge in [-0.15, -0.1) is 0 Å². The molecule has 2 aliphatic carbocycles. The van der Waals surface area contributed by atoms with Gasteiger partial charge < -0.3 is 15.3 Å². The first-order valence-electron chi connectivity index (χ1n) is 7.69. The molecule has 0 aromatic heterocycles. The number of aliphatic hydroxyl groups is 1. The zero-order chi connectivity index (χ0) is 13.2. The largest absolute Gasteiger partial charge is 0.394 e. The summed E-state index contributed by atoms with van der Waals surface area (Å²) in [5, 5.41) is 13.3. The quantitative estimate of drug-likeness (QED) is 0.761. The predicted octanol–water partition coefficient (Wildman–Crippen LogP) is 2.00. The number of hydrogen-bond acceptors (Lipinski definition) is 3. The fourth-order valence-corrected chi connectivity index (χ4v) is 3.66. The van der Waals surface area contributed by atoms with E-state index in [2.05, 4.69) is 31.1 Å². The zero-order valence-corrected chi connectivity index (χ0v) is 12.3. The van der Waals surface area contributed by atoms with E-state index < -0.39 is 0 Å². The highest BCUT2D eigenvalue weighted by Crippen LogP contribution is 2.38. The lowest BCUT2D eigenvalue weighted by Gasteiger charge is -2.45. The van der Waals surface area contributed by atoms with Gasteiger partial charge in [0.1, 0.15) is 0 Å². The van der Waals surface area contributed by atoms with E-state index in [4.69, 9.17) is 0 Å². The predicted molar refractivity (Wildman–Crippen MR) is 75.7 cm³/mol. The second-order valence-corrected chi connectivity index (χ2v) is 6.46. The third-order valence-electron chi connectivity index (χ3n) is 5.20. The second-order valence-electron chi connectivity index (χ2n) is 6.46. The molecule has 2 saturated carbocycles. The third kappa shape index (κ3) is 3.06. The number of nitrogens with zero attached hydrogens (tertiary/aromatic N) is 1. The lowest BCUT2D eigenvalue weighted by molar-refractivity contribution is 0.0523. The van der Waals surface area contributed by atoms with Crippen LogP contribution in [0.3, 0.4) is 0 Å². The zero-order valence-electron chi connectivity index (χ0n) is 12.3. The number of likely N-dealkylation sites (N-methyl/N-ethyl adjacent to an activating group) is 1. The minimum absolute atomic E-state index is 0.0187. The van der Waals surface area contributed by atoms with E-state index in [1.54, 1.807) is 0 Å². The van der Waals surface area contributed by atoms with Gasteiger partial charge in [-0.25, -0.2) is 0 Å². The first-order valence-corrected chi connectivity index (χ1v) is 7.69. The number of aliphatic hydroxyl groups excluding tert-OH is 1. The molecule has 2 rings (SSSR count). The molecule has 0 saturated heterocycles. The molecular weight excluding hydrogens is 224 g/mol. The maximum atomic E-state index is 9.75. The number of hydrogen-bond donors (Lipinski definition) is 2. The molecule has 3 nitrogen and oxygen atoms in total. The van der Waals surface area contributed by atoms with Gasteiger partial charge in [-0.1, -0.05) is 6.92 Å². The minimum atomic E-state index is -0.0187. The Balaban J connectivity index is 1.96.